The van der Waals surface area contributed by atoms with E-state index in [-0.39, 0.29) is 6.04 Å². The smallest absolute Gasteiger partial charge is 0.138 e. The zero-order valence-corrected chi connectivity index (χ0v) is 10.5. The summed E-state index contributed by atoms with van der Waals surface area (Å²) < 4.78 is 1.88. The van der Waals surface area contributed by atoms with Crippen LogP contribution in [0.4, 0.5) is 0 Å². The molecular weight excluding hydrogens is 228 g/mol. The van der Waals surface area contributed by atoms with Crippen LogP contribution in [0.25, 0.3) is 0 Å². The molecule has 0 bridgehead atoms. The summed E-state index contributed by atoms with van der Waals surface area (Å²) in [5.74, 6) is 6.55. The summed E-state index contributed by atoms with van der Waals surface area (Å²) in [5.41, 5.74) is 3.99. The third kappa shape index (κ3) is 3.12. The summed E-state index contributed by atoms with van der Waals surface area (Å²) in [5, 5.41) is 4.15. The highest BCUT2D eigenvalue weighted by Crippen LogP contribution is 2.06. The zero-order chi connectivity index (χ0) is 12.8. The van der Waals surface area contributed by atoms with Gasteiger partial charge in [0.2, 0.25) is 0 Å². The molecule has 18 heavy (non-hydrogen) atoms. The molecule has 0 amide bonds. The van der Waals surface area contributed by atoms with Crippen LogP contribution in [-0.2, 0) is 19.4 Å². The first-order valence-corrected chi connectivity index (χ1v) is 6.05. The molecule has 2 heterocycles. The summed E-state index contributed by atoms with van der Waals surface area (Å²) in [4.78, 5) is 8.36. The molecule has 96 valence electrons. The van der Waals surface area contributed by atoms with Gasteiger partial charge in [-0.05, 0) is 25.0 Å². The van der Waals surface area contributed by atoms with Gasteiger partial charge in [0.1, 0.15) is 12.2 Å². The predicted octanol–water partition coefficient (Wildman–Crippen LogP) is 0.310. The van der Waals surface area contributed by atoms with Crippen molar-refractivity contribution in [2.45, 2.75) is 32.4 Å². The molecule has 0 aliphatic carbocycles. The minimum atomic E-state index is 0.128. The lowest BCUT2D eigenvalue weighted by atomic mass is 10.1. The predicted molar refractivity (Wildman–Crippen MR) is 68.5 cm³/mol. The highest BCUT2D eigenvalue weighted by molar-refractivity contribution is 5.10. The molecule has 0 aromatic carbocycles. The Morgan fingerprint density at radius 3 is 3.00 bits per heavy atom. The van der Waals surface area contributed by atoms with Crippen LogP contribution in [0.2, 0.25) is 0 Å². The van der Waals surface area contributed by atoms with Crippen molar-refractivity contribution in [1.82, 2.24) is 25.2 Å². The van der Waals surface area contributed by atoms with Crippen LogP contribution in [0.3, 0.4) is 0 Å². The Morgan fingerprint density at radius 2 is 2.33 bits per heavy atom. The van der Waals surface area contributed by atoms with E-state index >= 15 is 0 Å². The number of nitrogens with two attached hydrogens (primary N) is 1. The molecule has 0 aliphatic heterocycles. The Kier molecular flexibility index (Phi) is 4.38. The third-order valence-corrected chi connectivity index (χ3v) is 2.86. The van der Waals surface area contributed by atoms with Crippen molar-refractivity contribution in [2.75, 3.05) is 0 Å². The fourth-order valence-corrected chi connectivity index (χ4v) is 1.92. The Morgan fingerprint density at radius 1 is 1.44 bits per heavy atom. The van der Waals surface area contributed by atoms with E-state index in [1.807, 2.05) is 29.9 Å². The number of nitrogens with one attached hydrogen (secondary N) is 1. The zero-order valence-electron chi connectivity index (χ0n) is 10.5. The van der Waals surface area contributed by atoms with E-state index in [0.717, 1.165) is 30.8 Å². The number of nitrogens with zero attached hydrogens (tertiary/aromatic N) is 4. The van der Waals surface area contributed by atoms with Gasteiger partial charge >= 0.3 is 0 Å². The lowest BCUT2D eigenvalue weighted by molar-refractivity contribution is 0.489. The van der Waals surface area contributed by atoms with Gasteiger partial charge in [-0.15, -0.1) is 0 Å². The van der Waals surface area contributed by atoms with Crippen LogP contribution in [0.1, 0.15) is 18.3 Å². The Hall–Kier alpha value is -1.79. The maximum atomic E-state index is 5.60. The number of pyridine rings is 1. The standard InChI is InChI=1S/C12H18N6/c1-2-18-12(15-9-16-18)7-11(17-13)6-10-4-3-5-14-8-10/h3-5,8-9,11,17H,2,6-7,13H2,1H3. The van der Waals surface area contributed by atoms with Crippen molar-refractivity contribution >= 4 is 0 Å². The van der Waals surface area contributed by atoms with Crippen molar-refractivity contribution in [3.63, 3.8) is 0 Å². The maximum Gasteiger partial charge on any atom is 0.138 e. The van der Waals surface area contributed by atoms with Gasteiger partial charge in [-0.2, -0.15) is 5.10 Å². The monoisotopic (exact) mass is 246 g/mol. The molecular formula is C12H18N6. The van der Waals surface area contributed by atoms with Crippen LogP contribution in [0.15, 0.2) is 30.9 Å². The largest absolute Gasteiger partial charge is 0.271 e. The number of hydrogen-bond donors (Lipinski definition) is 2. The number of rotatable bonds is 6. The summed E-state index contributed by atoms with van der Waals surface area (Å²) >= 11 is 0. The Balaban J connectivity index is 2.02. The van der Waals surface area contributed by atoms with E-state index < -0.39 is 0 Å². The number of hydrogen-bond acceptors (Lipinski definition) is 5. The van der Waals surface area contributed by atoms with Crippen molar-refractivity contribution in [2.24, 2.45) is 5.84 Å². The molecule has 0 spiro atoms. The highest BCUT2D eigenvalue weighted by atomic mass is 15.3. The second-order valence-corrected chi connectivity index (χ2v) is 4.13. The van der Waals surface area contributed by atoms with Crippen LogP contribution in [0, 0.1) is 0 Å². The molecule has 0 radical (unpaired) electrons. The molecule has 6 nitrogen and oxygen atoms in total. The lowest BCUT2D eigenvalue weighted by Crippen LogP contribution is -2.39. The van der Waals surface area contributed by atoms with Crippen LogP contribution < -0.4 is 11.3 Å². The van der Waals surface area contributed by atoms with Crippen molar-refractivity contribution in [1.29, 1.82) is 0 Å². The first-order chi connectivity index (χ1) is 8.83. The summed E-state index contributed by atoms with van der Waals surface area (Å²) in [6.07, 6.45) is 6.77. The Labute approximate surface area is 106 Å². The second-order valence-electron chi connectivity index (χ2n) is 4.13. The summed E-state index contributed by atoms with van der Waals surface area (Å²) in [6.45, 7) is 2.86. The fraction of sp³-hybridized carbons (Fsp3) is 0.417. The topological polar surface area (TPSA) is 81.7 Å². The quantitative estimate of drug-likeness (QED) is 0.566. The molecule has 2 aromatic heterocycles. The molecule has 1 unspecified atom stereocenters. The van der Waals surface area contributed by atoms with Gasteiger partial charge in [-0.3, -0.25) is 20.9 Å². The van der Waals surface area contributed by atoms with Crippen molar-refractivity contribution in [3.05, 3.63) is 42.2 Å². The van der Waals surface area contributed by atoms with Gasteiger partial charge in [0.15, 0.2) is 0 Å². The second kappa shape index (κ2) is 6.23. The van der Waals surface area contributed by atoms with Gasteiger partial charge in [-0.25, -0.2) is 4.98 Å². The van der Waals surface area contributed by atoms with Gasteiger partial charge in [0, 0.05) is 31.4 Å². The van der Waals surface area contributed by atoms with Crippen LogP contribution in [0.5, 0.6) is 0 Å². The first kappa shape index (κ1) is 12.7. The van der Waals surface area contributed by atoms with Gasteiger partial charge in [0.25, 0.3) is 0 Å². The van der Waals surface area contributed by atoms with Gasteiger partial charge in [0.05, 0.1) is 0 Å². The normalized spacial score (nSPS) is 12.6. The molecule has 1 atom stereocenters. The molecule has 0 aliphatic rings. The summed E-state index contributed by atoms with van der Waals surface area (Å²) in [6, 6.07) is 4.10. The SMILES string of the molecule is CCn1ncnc1CC(Cc1cccnc1)NN. The van der Waals surface area contributed by atoms with Crippen LogP contribution in [-0.4, -0.2) is 25.8 Å². The maximum absolute atomic E-state index is 5.60. The molecule has 0 saturated carbocycles. The van der Waals surface area contributed by atoms with E-state index in [9.17, 15) is 0 Å². The number of aryl methyl sites for hydroxylation is 1. The van der Waals surface area contributed by atoms with Gasteiger partial charge < -0.3 is 0 Å². The van der Waals surface area contributed by atoms with E-state index in [4.69, 9.17) is 5.84 Å². The van der Waals surface area contributed by atoms with Crippen molar-refractivity contribution in [3.8, 4) is 0 Å². The van der Waals surface area contributed by atoms with Crippen LogP contribution >= 0.6 is 0 Å². The molecule has 0 fully saturated rings. The Bertz CT molecular complexity index is 466. The average molecular weight is 246 g/mol. The minimum Gasteiger partial charge on any atom is -0.271 e. The van der Waals surface area contributed by atoms with E-state index in [0.29, 0.717) is 0 Å². The molecule has 0 saturated heterocycles. The number of hydrazine groups is 1. The van der Waals surface area contributed by atoms with Crippen molar-refractivity contribution < 1.29 is 0 Å². The lowest BCUT2D eigenvalue weighted by Gasteiger charge is -2.15. The first-order valence-electron chi connectivity index (χ1n) is 6.05. The van der Waals surface area contributed by atoms with E-state index in [2.05, 4.69) is 20.5 Å². The molecule has 6 heteroatoms. The van der Waals surface area contributed by atoms with E-state index in [1.54, 1.807) is 12.5 Å². The fourth-order valence-electron chi connectivity index (χ4n) is 1.92. The average Bonchev–Trinajstić information content (AvgIpc) is 2.86. The number of aromatic nitrogens is 4. The van der Waals surface area contributed by atoms with E-state index in [1.165, 1.54) is 0 Å². The molecule has 2 rings (SSSR count). The molecule has 2 aromatic rings. The minimum absolute atomic E-state index is 0.128. The summed E-state index contributed by atoms with van der Waals surface area (Å²) in [7, 11) is 0. The third-order valence-electron chi connectivity index (χ3n) is 2.86. The van der Waals surface area contributed by atoms with Gasteiger partial charge in [-0.1, -0.05) is 6.07 Å². The molecule has 3 N–H and O–H groups in total. The highest BCUT2D eigenvalue weighted by Gasteiger charge is 2.12.